The van der Waals surface area contributed by atoms with Crippen molar-refractivity contribution in [2.75, 3.05) is 28.4 Å². The van der Waals surface area contributed by atoms with Crippen LogP contribution in [-0.2, 0) is 20.8 Å². The van der Waals surface area contributed by atoms with Gasteiger partial charge in [0.15, 0.2) is 0 Å². The van der Waals surface area contributed by atoms with Crippen LogP contribution in [0.5, 0.6) is 23.0 Å². The quantitative estimate of drug-likeness (QED) is 0.0798. The Morgan fingerprint density at radius 2 is 0.656 bits per heavy atom. The molecule has 0 aliphatic carbocycles. The molecule has 2 atom stereocenters. The first-order valence-electron chi connectivity index (χ1n) is 20.7. The van der Waals surface area contributed by atoms with E-state index in [1.807, 2.05) is 84.9 Å². The summed E-state index contributed by atoms with van der Waals surface area (Å²) in [6.45, 7) is 0. The van der Waals surface area contributed by atoms with Gasteiger partial charge < -0.3 is 39.8 Å². The number of carbonyl (C=O) groups excluding carboxylic acids is 2. The predicted octanol–water partition coefficient (Wildman–Crippen LogP) is 8.91. The molecule has 0 unspecified atom stereocenters. The van der Waals surface area contributed by atoms with E-state index in [0.29, 0.717) is 67.2 Å². The van der Waals surface area contributed by atoms with Crippen LogP contribution in [-0.4, -0.2) is 50.5 Å². The van der Waals surface area contributed by atoms with E-state index < -0.39 is 35.1 Å². The minimum atomic E-state index is -2.14. The third-order valence-corrected chi connectivity index (χ3v) is 11.9. The lowest BCUT2D eigenvalue weighted by Crippen LogP contribution is -2.52. The summed E-state index contributed by atoms with van der Waals surface area (Å²) in [7, 11) is 5.99. The first-order chi connectivity index (χ1) is 31.2. The molecular formula is C54H48N2O8. The number of aliphatic hydroxyl groups is 2. The zero-order valence-electron chi connectivity index (χ0n) is 35.8. The Balaban J connectivity index is 1.34. The van der Waals surface area contributed by atoms with Crippen molar-refractivity contribution in [2.45, 2.75) is 23.3 Å². The second-order valence-corrected chi connectivity index (χ2v) is 15.3. The fourth-order valence-electron chi connectivity index (χ4n) is 8.96. The summed E-state index contributed by atoms with van der Waals surface area (Å²) in [6.07, 6.45) is 0. The molecule has 0 aromatic heterocycles. The van der Waals surface area contributed by atoms with Gasteiger partial charge in [-0.1, -0.05) is 158 Å². The summed E-state index contributed by atoms with van der Waals surface area (Å²) in [6, 6.07) is 51.5. The van der Waals surface area contributed by atoms with E-state index in [1.54, 1.807) is 97.1 Å². The van der Waals surface area contributed by atoms with Gasteiger partial charge in [0.05, 0.1) is 40.5 Å². The third-order valence-electron chi connectivity index (χ3n) is 11.9. The molecule has 0 radical (unpaired) electrons. The molecule has 8 aromatic rings. The average molecular weight is 853 g/mol. The van der Waals surface area contributed by atoms with Gasteiger partial charge in [0.25, 0.3) is 0 Å². The highest BCUT2D eigenvalue weighted by Gasteiger charge is 2.49. The maximum absolute atomic E-state index is 15.1. The molecular weight excluding hydrogens is 805 g/mol. The third kappa shape index (κ3) is 7.63. The number of benzene rings is 8. The minimum absolute atomic E-state index is 0.302. The van der Waals surface area contributed by atoms with Gasteiger partial charge >= 0.3 is 11.8 Å². The van der Waals surface area contributed by atoms with Gasteiger partial charge in [0.1, 0.15) is 34.2 Å². The van der Waals surface area contributed by atoms with E-state index in [4.69, 9.17) is 18.9 Å². The van der Waals surface area contributed by atoms with Crippen LogP contribution < -0.4 is 29.6 Å². The molecule has 8 rings (SSSR count). The Labute approximate surface area is 371 Å². The molecule has 64 heavy (non-hydrogen) atoms. The van der Waals surface area contributed by atoms with Crippen LogP contribution in [0.1, 0.15) is 45.5 Å². The van der Waals surface area contributed by atoms with Crippen molar-refractivity contribution >= 4 is 33.4 Å². The van der Waals surface area contributed by atoms with Crippen molar-refractivity contribution in [3.8, 4) is 23.0 Å². The Hall–Kier alpha value is -7.66. The predicted molar refractivity (Wildman–Crippen MR) is 248 cm³/mol. The number of nitrogens with one attached hydrogen (secondary N) is 2. The number of carbonyl (C=O) groups is 2. The van der Waals surface area contributed by atoms with Crippen molar-refractivity contribution in [3.05, 3.63) is 215 Å². The van der Waals surface area contributed by atoms with Gasteiger partial charge in [-0.25, -0.2) is 0 Å². The monoisotopic (exact) mass is 852 g/mol. The highest BCUT2D eigenvalue weighted by Crippen LogP contribution is 2.51. The van der Waals surface area contributed by atoms with E-state index in [1.165, 1.54) is 28.4 Å². The summed E-state index contributed by atoms with van der Waals surface area (Å²) in [5, 5.41) is 36.5. The number of para-hydroxylation sites is 4. The summed E-state index contributed by atoms with van der Waals surface area (Å²) in [4.78, 5) is 30.3. The highest BCUT2D eigenvalue weighted by atomic mass is 16.5. The van der Waals surface area contributed by atoms with E-state index in [2.05, 4.69) is 10.6 Å². The molecule has 0 heterocycles. The summed E-state index contributed by atoms with van der Waals surface area (Å²) >= 11 is 0. The van der Waals surface area contributed by atoms with Crippen LogP contribution in [0, 0.1) is 0 Å². The van der Waals surface area contributed by atoms with Gasteiger partial charge in [-0.3, -0.25) is 9.59 Å². The molecule has 8 aromatic carbocycles. The summed E-state index contributed by atoms with van der Waals surface area (Å²) in [5.41, 5.74) is -2.06. The molecule has 0 aliphatic rings. The summed E-state index contributed by atoms with van der Waals surface area (Å²) < 4.78 is 23.5. The van der Waals surface area contributed by atoms with E-state index in [9.17, 15) is 10.2 Å². The minimum Gasteiger partial charge on any atom is -0.496 e. The largest absolute Gasteiger partial charge is 0.496 e. The number of rotatable bonds is 14. The van der Waals surface area contributed by atoms with Crippen molar-refractivity contribution < 1.29 is 38.7 Å². The molecule has 322 valence electrons. The van der Waals surface area contributed by atoms with Crippen LogP contribution in [0.3, 0.4) is 0 Å². The number of amides is 2. The molecule has 0 bridgehead atoms. The molecule has 10 heteroatoms. The number of ether oxygens (including phenoxy) is 4. The van der Waals surface area contributed by atoms with Crippen LogP contribution in [0.15, 0.2) is 182 Å². The van der Waals surface area contributed by atoms with E-state index in [-0.39, 0.29) is 0 Å². The number of hydrogen-bond donors (Lipinski definition) is 4. The smallest absolute Gasteiger partial charge is 0.309 e. The van der Waals surface area contributed by atoms with E-state index in [0.717, 1.165) is 10.8 Å². The van der Waals surface area contributed by atoms with Crippen LogP contribution in [0.25, 0.3) is 21.5 Å². The van der Waals surface area contributed by atoms with Gasteiger partial charge in [0.2, 0.25) is 0 Å². The van der Waals surface area contributed by atoms with E-state index >= 15 is 9.59 Å². The lowest BCUT2D eigenvalue weighted by atomic mass is 9.75. The van der Waals surface area contributed by atoms with Crippen LogP contribution in [0.2, 0.25) is 0 Å². The van der Waals surface area contributed by atoms with Crippen molar-refractivity contribution in [2.24, 2.45) is 0 Å². The van der Waals surface area contributed by atoms with Gasteiger partial charge in [-0.05, 0) is 56.9 Å². The van der Waals surface area contributed by atoms with Gasteiger partial charge in [-0.2, -0.15) is 0 Å². The second-order valence-electron chi connectivity index (χ2n) is 15.3. The fourth-order valence-corrected chi connectivity index (χ4v) is 8.96. The standard InChI is InChI=1S/C54H48N2O8/c1-61-45-31-13-9-27-41(45)53(59,42-28-10-14-32-46(42)62-2)49(39-25-17-21-35-19-5-7-23-37(35)39)55-51(57)52(58)56-50(40-26-18-22-36-20-6-8-24-38(36)40)54(60,43-29-11-15-33-47(43)63-3)44-30-12-16-34-48(44)64-4/h5-34,49-50,59-60H,1-4H3,(H,55,57)(H,56,58)/t49-,50-/m1/s1. The van der Waals surface area contributed by atoms with Gasteiger partial charge in [0, 0.05) is 22.3 Å². The number of fused-ring (bicyclic) bond motifs is 2. The zero-order chi connectivity index (χ0) is 44.8. The number of methoxy groups -OCH3 is 4. The normalized spacial score (nSPS) is 12.5. The first kappa shape index (κ1) is 43.0. The molecule has 4 N–H and O–H groups in total. The number of hydrogen-bond acceptors (Lipinski definition) is 8. The Kier molecular flexibility index (Phi) is 12.3. The zero-order valence-corrected chi connectivity index (χ0v) is 35.8. The maximum Gasteiger partial charge on any atom is 0.309 e. The van der Waals surface area contributed by atoms with Crippen molar-refractivity contribution in [3.63, 3.8) is 0 Å². The molecule has 0 saturated heterocycles. The molecule has 2 amide bonds. The second kappa shape index (κ2) is 18.4. The molecule has 0 spiro atoms. The van der Waals surface area contributed by atoms with Crippen LogP contribution in [0.4, 0.5) is 0 Å². The van der Waals surface area contributed by atoms with Crippen LogP contribution >= 0.6 is 0 Å². The first-order valence-corrected chi connectivity index (χ1v) is 20.7. The van der Waals surface area contributed by atoms with Gasteiger partial charge in [-0.15, -0.1) is 0 Å². The average Bonchev–Trinajstić information content (AvgIpc) is 3.36. The Morgan fingerprint density at radius 1 is 0.391 bits per heavy atom. The summed E-state index contributed by atoms with van der Waals surface area (Å²) in [5.74, 6) is -0.893. The van der Waals surface area contributed by atoms with Crippen molar-refractivity contribution in [1.82, 2.24) is 10.6 Å². The molecule has 0 aliphatic heterocycles. The lowest BCUT2D eigenvalue weighted by Gasteiger charge is -2.40. The molecule has 0 saturated carbocycles. The lowest BCUT2D eigenvalue weighted by molar-refractivity contribution is -0.142. The highest BCUT2D eigenvalue weighted by molar-refractivity contribution is 6.35. The topological polar surface area (TPSA) is 136 Å². The Bertz CT molecular complexity index is 2660. The maximum atomic E-state index is 15.1. The SMILES string of the molecule is COc1ccccc1C(O)(c1ccccc1OC)[C@H](NC(=O)C(=O)N[C@H](c1cccc2ccccc12)C(O)(c1ccccc1OC)c1ccccc1OC)c1cccc2ccccc12. The molecule has 0 fully saturated rings. The fraction of sp³-hybridized carbons (Fsp3) is 0.148. The molecule has 10 nitrogen and oxygen atoms in total. The van der Waals surface area contributed by atoms with Crippen molar-refractivity contribution in [1.29, 1.82) is 0 Å². The Morgan fingerprint density at radius 3 is 0.969 bits per heavy atom.